The van der Waals surface area contributed by atoms with E-state index in [0.29, 0.717) is 11.8 Å². The zero-order valence-corrected chi connectivity index (χ0v) is 9.33. The molecule has 0 atom stereocenters. The number of rotatable bonds is 2. The molecule has 0 bridgehead atoms. The molecule has 2 heteroatoms. The summed E-state index contributed by atoms with van der Waals surface area (Å²) in [6, 6.07) is 6.22. The van der Waals surface area contributed by atoms with Crippen molar-refractivity contribution in [2.45, 2.75) is 27.7 Å². The third-order valence-corrected chi connectivity index (χ3v) is 2.06. The standard InChI is InChI=1S/C12H18N2/c1-8(2)12(13)14-11-6-9(3)5-10(4)7-11/h5-8H,1-4H3,(H2,13,14). The highest BCUT2D eigenvalue weighted by molar-refractivity contribution is 5.84. The summed E-state index contributed by atoms with van der Waals surface area (Å²) in [5, 5.41) is 0. The molecule has 1 rings (SSSR count). The number of aryl methyl sites for hydroxylation is 2. The second-order valence-electron chi connectivity index (χ2n) is 4.04. The topological polar surface area (TPSA) is 38.4 Å². The van der Waals surface area contributed by atoms with Gasteiger partial charge >= 0.3 is 0 Å². The smallest absolute Gasteiger partial charge is 0.102 e. The molecule has 0 aliphatic carbocycles. The summed E-state index contributed by atoms with van der Waals surface area (Å²) in [5.41, 5.74) is 9.20. The van der Waals surface area contributed by atoms with E-state index < -0.39 is 0 Å². The molecule has 0 fully saturated rings. The summed E-state index contributed by atoms with van der Waals surface area (Å²) >= 11 is 0. The van der Waals surface area contributed by atoms with Crippen LogP contribution in [0, 0.1) is 19.8 Å². The predicted molar refractivity (Wildman–Crippen MR) is 62.0 cm³/mol. The van der Waals surface area contributed by atoms with Gasteiger partial charge in [-0.1, -0.05) is 19.9 Å². The van der Waals surface area contributed by atoms with Gasteiger partial charge in [-0.05, 0) is 37.1 Å². The fourth-order valence-corrected chi connectivity index (χ4v) is 1.29. The molecule has 0 spiro atoms. The van der Waals surface area contributed by atoms with Gasteiger partial charge in [0, 0.05) is 5.92 Å². The molecule has 2 N–H and O–H groups in total. The second-order valence-corrected chi connectivity index (χ2v) is 4.04. The van der Waals surface area contributed by atoms with E-state index in [1.54, 1.807) is 0 Å². The number of nitrogens with two attached hydrogens (primary N) is 1. The molecule has 0 saturated carbocycles. The number of nitrogens with zero attached hydrogens (tertiary/aromatic N) is 1. The van der Waals surface area contributed by atoms with E-state index in [1.165, 1.54) is 11.1 Å². The van der Waals surface area contributed by atoms with Crippen LogP contribution in [0.1, 0.15) is 25.0 Å². The molecule has 0 heterocycles. The lowest BCUT2D eigenvalue weighted by Crippen LogP contribution is -2.18. The molecule has 0 radical (unpaired) electrons. The Kier molecular flexibility index (Phi) is 3.28. The Morgan fingerprint density at radius 3 is 2.07 bits per heavy atom. The van der Waals surface area contributed by atoms with Crippen LogP contribution < -0.4 is 5.73 Å². The molecular formula is C12H18N2. The van der Waals surface area contributed by atoms with Crippen molar-refractivity contribution < 1.29 is 0 Å². The monoisotopic (exact) mass is 190 g/mol. The number of benzene rings is 1. The Hall–Kier alpha value is -1.31. The molecular weight excluding hydrogens is 172 g/mol. The van der Waals surface area contributed by atoms with Crippen LogP contribution in [-0.4, -0.2) is 5.84 Å². The molecule has 0 unspecified atom stereocenters. The first kappa shape index (κ1) is 10.8. The zero-order valence-electron chi connectivity index (χ0n) is 9.33. The van der Waals surface area contributed by atoms with Crippen LogP contribution in [0.5, 0.6) is 0 Å². The molecule has 0 aliphatic rings. The quantitative estimate of drug-likeness (QED) is 0.565. The van der Waals surface area contributed by atoms with Crippen molar-refractivity contribution in [2.75, 3.05) is 0 Å². The van der Waals surface area contributed by atoms with Gasteiger partial charge in [0.05, 0.1) is 5.69 Å². The van der Waals surface area contributed by atoms with Gasteiger partial charge in [0.25, 0.3) is 0 Å². The van der Waals surface area contributed by atoms with Crippen molar-refractivity contribution in [3.63, 3.8) is 0 Å². The normalized spacial score (nSPS) is 12.2. The minimum absolute atomic E-state index is 0.302. The van der Waals surface area contributed by atoms with Crippen molar-refractivity contribution in [1.29, 1.82) is 0 Å². The van der Waals surface area contributed by atoms with Crippen molar-refractivity contribution >= 4 is 11.5 Å². The summed E-state index contributed by atoms with van der Waals surface area (Å²) in [6.45, 7) is 8.22. The Bertz CT molecular complexity index is 331. The highest BCUT2D eigenvalue weighted by Crippen LogP contribution is 2.17. The minimum Gasteiger partial charge on any atom is -0.387 e. The van der Waals surface area contributed by atoms with E-state index in [1.807, 2.05) is 26.0 Å². The highest BCUT2D eigenvalue weighted by Gasteiger charge is 2.00. The second kappa shape index (κ2) is 4.27. The third kappa shape index (κ3) is 2.87. The molecule has 2 nitrogen and oxygen atoms in total. The highest BCUT2D eigenvalue weighted by atomic mass is 14.9. The van der Waals surface area contributed by atoms with Gasteiger partial charge < -0.3 is 5.73 Å². The van der Waals surface area contributed by atoms with Crippen molar-refractivity contribution in [2.24, 2.45) is 16.6 Å². The minimum atomic E-state index is 0.302. The van der Waals surface area contributed by atoms with Crippen molar-refractivity contribution in [1.82, 2.24) is 0 Å². The Morgan fingerprint density at radius 2 is 1.64 bits per heavy atom. The molecule has 0 aliphatic heterocycles. The number of aliphatic imine (C=N–C) groups is 1. The lowest BCUT2D eigenvalue weighted by molar-refractivity contribution is 0.873. The van der Waals surface area contributed by atoms with Gasteiger partial charge in [-0.3, -0.25) is 0 Å². The summed E-state index contributed by atoms with van der Waals surface area (Å²) in [5.74, 6) is 0.991. The first-order chi connectivity index (χ1) is 6.49. The Balaban J connectivity index is 3.02. The maximum Gasteiger partial charge on any atom is 0.102 e. The first-order valence-corrected chi connectivity index (χ1v) is 4.91. The van der Waals surface area contributed by atoms with E-state index in [-0.39, 0.29) is 0 Å². The summed E-state index contributed by atoms with van der Waals surface area (Å²) in [4.78, 5) is 4.37. The average molecular weight is 190 g/mol. The molecule has 1 aromatic rings. The fourth-order valence-electron chi connectivity index (χ4n) is 1.29. The van der Waals surface area contributed by atoms with Crippen LogP contribution in [0.3, 0.4) is 0 Å². The van der Waals surface area contributed by atoms with Gasteiger partial charge in [-0.25, -0.2) is 4.99 Å². The number of hydrogen-bond acceptors (Lipinski definition) is 1. The summed E-state index contributed by atoms with van der Waals surface area (Å²) in [6.07, 6.45) is 0. The van der Waals surface area contributed by atoms with Gasteiger partial charge in [0.1, 0.15) is 5.84 Å². The predicted octanol–water partition coefficient (Wildman–Crippen LogP) is 2.95. The van der Waals surface area contributed by atoms with Gasteiger partial charge in [0.2, 0.25) is 0 Å². The number of amidine groups is 1. The first-order valence-electron chi connectivity index (χ1n) is 4.91. The lowest BCUT2D eigenvalue weighted by Gasteiger charge is -2.05. The van der Waals surface area contributed by atoms with Gasteiger partial charge in [0.15, 0.2) is 0 Å². The summed E-state index contributed by atoms with van der Waals surface area (Å²) < 4.78 is 0. The fraction of sp³-hybridized carbons (Fsp3) is 0.417. The van der Waals surface area contributed by atoms with E-state index in [0.717, 1.165) is 5.69 Å². The number of hydrogen-bond donors (Lipinski definition) is 1. The van der Waals surface area contributed by atoms with Crippen molar-refractivity contribution in [3.8, 4) is 0 Å². The van der Waals surface area contributed by atoms with Crippen LogP contribution in [0.2, 0.25) is 0 Å². The van der Waals surface area contributed by atoms with E-state index in [4.69, 9.17) is 5.73 Å². The van der Waals surface area contributed by atoms with Crippen LogP contribution in [0.15, 0.2) is 23.2 Å². The Labute approximate surface area is 85.9 Å². The summed E-state index contributed by atoms with van der Waals surface area (Å²) in [7, 11) is 0. The maximum absolute atomic E-state index is 5.80. The lowest BCUT2D eigenvalue weighted by atomic mass is 10.1. The van der Waals surface area contributed by atoms with E-state index >= 15 is 0 Å². The van der Waals surface area contributed by atoms with Crippen LogP contribution in [-0.2, 0) is 0 Å². The van der Waals surface area contributed by atoms with Crippen LogP contribution in [0.4, 0.5) is 5.69 Å². The molecule has 1 aromatic carbocycles. The Morgan fingerprint density at radius 1 is 1.14 bits per heavy atom. The zero-order chi connectivity index (χ0) is 10.7. The average Bonchev–Trinajstić information content (AvgIpc) is 2.01. The largest absolute Gasteiger partial charge is 0.387 e. The molecule has 76 valence electrons. The van der Waals surface area contributed by atoms with E-state index in [2.05, 4.69) is 24.9 Å². The molecule has 0 aromatic heterocycles. The van der Waals surface area contributed by atoms with Crippen LogP contribution >= 0.6 is 0 Å². The maximum atomic E-state index is 5.80. The SMILES string of the molecule is Cc1cc(C)cc(N=C(N)C(C)C)c1. The van der Waals surface area contributed by atoms with Gasteiger partial charge in [-0.2, -0.15) is 0 Å². The third-order valence-electron chi connectivity index (χ3n) is 2.06. The van der Waals surface area contributed by atoms with Gasteiger partial charge in [-0.15, -0.1) is 0 Å². The molecule has 0 amide bonds. The van der Waals surface area contributed by atoms with Crippen LogP contribution in [0.25, 0.3) is 0 Å². The van der Waals surface area contributed by atoms with Crippen molar-refractivity contribution in [3.05, 3.63) is 29.3 Å². The van der Waals surface area contributed by atoms with E-state index in [9.17, 15) is 0 Å². The molecule has 0 saturated heterocycles. The molecule has 14 heavy (non-hydrogen) atoms.